The van der Waals surface area contributed by atoms with Gasteiger partial charge in [-0.15, -0.1) is 0 Å². The minimum atomic E-state index is -3.54. The molecule has 0 fully saturated rings. The van der Waals surface area contributed by atoms with E-state index in [9.17, 15) is 13.2 Å². The molecule has 0 spiro atoms. The van der Waals surface area contributed by atoms with Crippen molar-refractivity contribution < 1.29 is 18.3 Å². The molecule has 0 aliphatic carbocycles. The van der Waals surface area contributed by atoms with Crippen LogP contribution in [0.1, 0.15) is 13.8 Å². The maximum atomic E-state index is 12.1. The van der Waals surface area contributed by atoms with Crippen LogP contribution in [0.25, 0.3) is 0 Å². The fraction of sp³-hybridized carbons (Fsp3) is 0.154. The third kappa shape index (κ3) is 3.30. The lowest BCUT2D eigenvalue weighted by Gasteiger charge is -2.03. The van der Waals surface area contributed by atoms with Crippen LogP contribution in [0.5, 0.6) is 0 Å². The standard InChI is InChI=1S/C13H14O4S/c1-10(13(14)15)8-9-11(2)18(16,17)12-6-4-3-5-7-12/h3-9H,1-2H3,(H,14,15). The molecule has 1 aromatic rings. The molecule has 0 aromatic heterocycles. The van der Waals surface area contributed by atoms with Crippen molar-refractivity contribution in [3.63, 3.8) is 0 Å². The number of carboxylic acids is 1. The number of allylic oxidation sites excluding steroid dienone is 3. The number of hydrogen-bond acceptors (Lipinski definition) is 3. The summed E-state index contributed by atoms with van der Waals surface area (Å²) in [5.74, 6) is -1.07. The van der Waals surface area contributed by atoms with Crippen LogP contribution in [0, 0.1) is 0 Å². The molecule has 1 rings (SSSR count). The van der Waals surface area contributed by atoms with Gasteiger partial charge in [0, 0.05) is 10.5 Å². The summed E-state index contributed by atoms with van der Waals surface area (Å²) in [7, 11) is -3.54. The molecule has 96 valence electrons. The van der Waals surface area contributed by atoms with Gasteiger partial charge in [0.15, 0.2) is 0 Å². The van der Waals surface area contributed by atoms with E-state index in [4.69, 9.17) is 5.11 Å². The molecule has 0 aliphatic rings. The molecular formula is C13H14O4S. The molecule has 0 unspecified atom stereocenters. The lowest BCUT2D eigenvalue weighted by Crippen LogP contribution is -2.02. The van der Waals surface area contributed by atoms with Crippen LogP contribution in [-0.2, 0) is 14.6 Å². The first kappa shape index (κ1) is 14.2. The van der Waals surface area contributed by atoms with E-state index < -0.39 is 15.8 Å². The fourth-order valence-electron chi connectivity index (χ4n) is 1.19. The molecule has 0 saturated carbocycles. The zero-order valence-corrected chi connectivity index (χ0v) is 10.9. The van der Waals surface area contributed by atoms with E-state index in [1.807, 2.05) is 0 Å². The highest BCUT2D eigenvalue weighted by Gasteiger charge is 2.15. The SMILES string of the molecule is CC(=CC=C(C)S(=O)(=O)c1ccccc1)C(=O)O. The Hall–Kier alpha value is -1.88. The second-order valence-corrected chi connectivity index (χ2v) is 5.87. The minimum absolute atomic E-state index is 0.0811. The van der Waals surface area contributed by atoms with Crippen LogP contribution in [-0.4, -0.2) is 19.5 Å². The van der Waals surface area contributed by atoms with E-state index in [2.05, 4.69) is 0 Å². The fourth-order valence-corrected chi connectivity index (χ4v) is 2.32. The number of benzene rings is 1. The molecule has 0 heterocycles. The number of carbonyl (C=O) groups is 1. The summed E-state index contributed by atoms with van der Waals surface area (Å²) in [6.45, 7) is 2.84. The Kier molecular flexibility index (Phi) is 4.44. The summed E-state index contributed by atoms with van der Waals surface area (Å²) >= 11 is 0. The Bertz CT molecular complexity index is 595. The van der Waals surface area contributed by atoms with E-state index in [0.717, 1.165) is 0 Å². The second-order valence-electron chi connectivity index (χ2n) is 3.75. The summed E-state index contributed by atoms with van der Waals surface area (Å²) in [5, 5.41) is 8.67. The monoisotopic (exact) mass is 266 g/mol. The topological polar surface area (TPSA) is 71.4 Å². The zero-order valence-electron chi connectivity index (χ0n) is 10.1. The van der Waals surface area contributed by atoms with Crippen LogP contribution >= 0.6 is 0 Å². The van der Waals surface area contributed by atoms with Crippen molar-refractivity contribution in [2.75, 3.05) is 0 Å². The first-order valence-electron chi connectivity index (χ1n) is 5.24. The molecule has 1 aromatic carbocycles. The molecule has 0 saturated heterocycles. The van der Waals surface area contributed by atoms with Crippen LogP contribution in [0.15, 0.2) is 57.9 Å². The van der Waals surface area contributed by atoms with Gasteiger partial charge in [0.1, 0.15) is 0 Å². The third-order valence-corrected chi connectivity index (χ3v) is 4.26. The van der Waals surface area contributed by atoms with Gasteiger partial charge < -0.3 is 5.11 Å². The van der Waals surface area contributed by atoms with Gasteiger partial charge in [0.25, 0.3) is 0 Å². The van der Waals surface area contributed by atoms with Crippen molar-refractivity contribution >= 4 is 15.8 Å². The number of rotatable bonds is 4. The van der Waals surface area contributed by atoms with Gasteiger partial charge in [-0.1, -0.05) is 24.3 Å². The zero-order chi connectivity index (χ0) is 13.8. The number of carboxylic acid groups (broad SMARTS) is 1. The van der Waals surface area contributed by atoms with Gasteiger partial charge in [-0.3, -0.25) is 0 Å². The van der Waals surface area contributed by atoms with Gasteiger partial charge in [0.2, 0.25) is 9.84 Å². The van der Waals surface area contributed by atoms with E-state index >= 15 is 0 Å². The largest absolute Gasteiger partial charge is 0.478 e. The van der Waals surface area contributed by atoms with Gasteiger partial charge in [-0.25, -0.2) is 13.2 Å². The summed E-state index contributed by atoms with van der Waals surface area (Å²) in [6, 6.07) is 8.00. The maximum Gasteiger partial charge on any atom is 0.331 e. The maximum absolute atomic E-state index is 12.1. The summed E-state index contributed by atoms with van der Waals surface area (Å²) in [4.78, 5) is 10.9. The Morgan fingerprint density at radius 2 is 1.67 bits per heavy atom. The Labute approximate surface area is 106 Å². The predicted molar refractivity (Wildman–Crippen MR) is 68.8 cm³/mol. The molecule has 5 heteroatoms. The van der Waals surface area contributed by atoms with Crippen molar-refractivity contribution in [3.8, 4) is 0 Å². The quantitative estimate of drug-likeness (QED) is 0.671. The Morgan fingerprint density at radius 1 is 1.11 bits per heavy atom. The summed E-state index contributed by atoms with van der Waals surface area (Å²) in [6.07, 6.45) is 2.57. The highest BCUT2D eigenvalue weighted by molar-refractivity contribution is 7.95. The highest BCUT2D eigenvalue weighted by Crippen LogP contribution is 2.18. The van der Waals surface area contributed by atoms with Crippen LogP contribution in [0.4, 0.5) is 0 Å². The second kappa shape index (κ2) is 5.64. The molecule has 1 N–H and O–H groups in total. The third-order valence-electron chi connectivity index (χ3n) is 2.38. The first-order valence-corrected chi connectivity index (χ1v) is 6.72. The van der Waals surface area contributed by atoms with E-state index in [1.54, 1.807) is 18.2 Å². The van der Waals surface area contributed by atoms with Gasteiger partial charge in [-0.2, -0.15) is 0 Å². The smallest absolute Gasteiger partial charge is 0.331 e. The Balaban J connectivity index is 3.12. The number of aliphatic carboxylic acids is 1. The van der Waals surface area contributed by atoms with Crippen LogP contribution < -0.4 is 0 Å². The molecule has 4 nitrogen and oxygen atoms in total. The van der Waals surface area contributed by atoms with Crippen LogP contribution in [0.3, 0.4) is 0 Å². The van der Waals surface area contributed by atoms with Gasteiger partial charge in [-0.05, 0) is 32.1 Å². The molecule has 18 heavy (non-hydrogen) atoms. The molecule has 0 bridgehead atoms. The van der Waals surface area contributed by atoms with Gasteiger partial charge in [0.05, 0.1) is 4.90 Å². The predicted octanol–water partition coefficient (Wildman–Crippen LogP) is 2.40. The van der Waals surface area contributed by atoms with Gasteiger partial charge >= 0.3 is 5.97 Å². The average molecular weight is 266 g/mol. The van der Waals surface area contributed by atoms with E-state index in [-0.39, 0.29) is 15.4 Å². The molecule has 0 atom stereocenters. The van der Waals surface area contributed by atoms with Crippen molar-refractivity contribution in [1.29, 1.82) is 0 Å². The average Bonchev–Trinajstić information content (AvgIpc) is 2.36. The first-order chi connectivity index (χ1) is 8.35. The van der Waals surface area contributed by atoms with E-state index in [0.29, 0.717) is 0 Å². The Morgan fingerprint density at radius 3 is 2.17 bits per heavy atom. The normalized spacial score (nSPS) is 13.4. The highest BCUT2D eigenvalue weighted by atomic mass is 32.2. The minimum Gasteiger partial charge on any atom is -0.478 e. The van der Waals surface area contributed by atoms with Crippen molar-refractivity contribution in [2.24, 2.45) is 0 Å². The number of hydrogen-bond donors (Lipinski definition) is 1. The summed E-state index contributed by atoms with van der Waals surface area (Å²) < 4.78 is 24.1. The van der Waals surface area contributed by atoms with Crippen LogP contribution in [0.2, 0.25) is 0 Å². The van der Waals surface area contributed by atoms with Crippen molar-refractivity contribution in [1.82, 2.24) is 0 Å². The lowest BCUT2D eigenvalue weighted by molar-refractivity contribution is -0.132. The number of sulfone groups is 1. The molecule has 0 amide bonds. The van der Waals surface area contributed by atoms with E-state index in [1.165, 1.54) is 38.1 Å². The lowest BCUT2D eigenvalue weighted by atomic mass is 10.3. The summed E-state index contributed by atoms with van der Waals surface area (Å²) in [5.41, 5.74) is 0.0811. The molecule has 0 aliphatic heterocycles. The van der Waals surface area contributed by atoms with Crippen molar-refractivity contribution in [2.45, 2.75) is 18.7 Å². The molecular weight excluding hydrogens is 252 g/mol. The van der Waals surface area contributed by atoms with Crippen molar-refractivity contribution in [3.05, 3.63) is 53.0 Å². The molecule has 0 radical (unpaired) electrons.